The predicted molar refractivity (Wildman–Crippen MR) is 216 cm³/mol. The fourth-order valence-electron chi connectivity index (χ4n) is 7.58. The summed E-state index contributed by atoms with van der Waals surface area (Å²) in [6, 6.07) is 56.0. The van der Waals surface area contributed by atoms with Gasteiger partial charge in [-0.3, -0.25) is 0 Å². The molecule has 0 amide bonds. The van der Waals surface area contributed by atoms with Crippen molar-refractivity contribution in [1.82, 2.24) is 19.5 Å². The highest BCUT2D eigenvalue weighted by molar-refractivity contribution is 7.26. The molecule has 4 heterocycles. The lowest BCUT2D eigenvalue weighted by Gasteiger charge is -2.11. The van der Waals surface area contributed by atoms with Gasteiger partial charge < -0.3 is 4.57 Å². The minimum absolute atomic E-state index is 0.654. The molecule has 11 aromatic rings. The Kier molecular flexibility index (Phi) is 6.26. The van der Waals surface area contributed by atoms with Crippen LogP contribution in [0.1, 0.15) is 0 Å². The van der Waals surface area contributed by atoms with Gasteiger partial charge in [0.05, 0.1) is 16.7 Å². The molecule has 0 bridgehead atoms. The average Bonchev–Trinajstić information content (AvgIpc) is 3.87. The number of nitrogens with zero attached hydrogens (tertiary/aromatic N) is 4. The topological polar surface area (TPSA) is 43.6 Å². The van der Waals surface area contributed by atoms with E-state index in [1.807, 2.05) is 29.5 Å². The molecular formula is C45H26N4S2. The molecule has 51 heavy (non-hydrogen) atoms. The maximum atomic E-state index is 5.22. The largest absolute Gasteiger partial charge is 0.309 e. The van der Waals surface area contributed by atoms with Crippen molar-refractivity contribution in [3.8, 4) is 39.9 Å². The quantitative estimate of drug-likeness (QED) is 0.185. The first-order valence-corrected chi connectivity index (χ1v) is 18.6. The smallest absolute Gasteiger partial charge is 0.165 e. The molecule has 0 aliphatic carbocycles. The number of thiophene rings is 2. The van der Waals surface area contributed by atoms with Crippen LogP contribution in [0.4, 0.5) is 0 Å². The fraction of sp³-hybridized carbons (Fsp3) is 0. The van der Waals surface area contributed by atoms with Crippen LogP contribution in [0.3, 0.4) is 0 Å². The Labute approximate surface area is 300 Å². The second kappa shape index (κ2) is 11.2. The van der Waals surface area contributed by atoms with Crippen LogP contribution in [0.2, 0.25) is 0 Å². The van der Waals surface area contributed by atoms with Gasteiger partial charge in [0.1, 0.15) is 0 Å². The standard InChI is InChI=1S/C45H26N4S2/c1-2-12-27(13-3-1)43-46-44(48-45(47-43)33-18-10-17-31-30-15-5-8-21-38(30)51-42(31)33)28-24-25-36-34(26-28)29-14-4-7-19-35(29)49(36)37-20-11-23-40-41(37)32-16-6-9-22-39(32)50-40/h1-26H. The van der Waals surface area contributed by atoms with E-state index in [9.17, 15) is 0 Å². The van der Waals surface area contributed by atoms with Crippen molar-refractivity contribution < 1.29 is 0 Å². The van der Waals surface area contributed by atoms with Crippen molar-refractivity contribution in [2.75, 3.05) is 0 Å². The zero-order valence-corrected chi connectivity index (χ0v) is 28.7. The molecule has 0 spiro atoms. The second-order valence-electron chi connectivity index (χ2n) is 12.8. The van der Waals surface area contributed by atoms with E-state index >= 15 is 0 Å². The van der Waals surface area contributed by atoms with E-state index in [4.69, 9.17) is 15.0 Å². The molecule has 4 nitrogen and oxygen atoms in total. The Hall–Kier alpha value is -6.21. The lowest BCUT2D eigenvalue weighted by atomic mass is 10.1. The summed E-state index contributed by atoms with van der Waals surface area (Å²) < 4.78 is 7.45. The zero-order chi connectivity index (χ0) is 33.5. The third-order valence-electron chi connectivity index (χ3n) is 9.86. The van der Waals surface area contributed by atoms with E-state index in [0.717, 1.165) is 27.6 Å². The first-order chi connectivity index (χ1) is 25.3. The van der Waals surface area contributed by atoms with Gasteiger partial charge in [0.25, 0.3) is 0 Å². The van der Waals surface area contributed by atoms with E-state index in [2.05, 4.69) is 144 Å². The van der Waals surface area contributed by atoms with E-state index in [1.165, 1.54) is 56.9 Å². The number of fused-ring (bicyclic) bond motifs is 9. The summed E-state index contributed by atoms with van der Waals surface area (Å²) >= 11 is 3.64. The molecule has 0 saturated carbocycles. The maximum absolute atomic E-state index is 5.22. The lowest BCUT2D eigenvalue weighted by molar-refractivity contribution is 1.08. The van der Waals surface area contributed by atoms with Gasteiger partial charge in [-0.05, 0) is 54.6 Å². The number of aromatic nitrogens is 4. The van der Waals surface area contributed by atoms with Gasteiger partial charge in [0.2, 0.25) is 0 Å². The third kappa shape index (κ3) is 4.40. The molecule has 0 atom stereocenters. The highest BCUT2D eigenvalue weighted by Gasteiger charge is 2.20. The third-order valence-corrected chi connectivity index (χ3v) is 12.2. The van der Waals surface area contributed by atoms with Crippen LogP contribution in [0.5, 0.6) is 0 Å². The molecule has 7 aromatic carbocycles. The number of rotatable bonds is 4. The molecule has 238 valence electrons. The Morgan fingerprint density at radius 3 is 1.88 bits per heavy atom. The van der Waals surface area contributed by atoms with Crippen molar-refractivity contribution in [1.29, 1.82) is 0 Å². The first kappa shape index (κ1) is 28.6. The molecule has 4 aromatic heterocycles. The van der Waals surface area contributed by atoms with Crippen LogP contribution in [-0.2, 0) is 0 Å². The molecule has 0 aliphatic rings. The van der Waals surface area contributed by atoms with Crippen molar-refractivity contribution in [3.05, 3.63) is 158 Å². The van der Waals surface area contributed by atoms with Gasteiger partial charge in [-0.15, -0.1) is 22.7 Å². The highest BCUT2D eigenvalue weighted by Crippen LogP contribution is 2.42. The minimum atomic E-state index is 0.654. The molecule has 6 heteroatoms. The Bertz CT molecular complexity index is 3150. The van der Waals surface area contributed by atoms with E-state index < -0.39 is 0 Å². The highest BCUT2D eigenvalue weighted by atomic mass is 32.1. The summed E-state index contributed by atoms with van der Waals surface area (Å²) in [6.45, 7) is 0. The first-order valence-electron chi connectivity index (χ1n) is 16.9. The predicted octanol–water partition coefficient (Wildman–Crippen LogP) is 12.7. The molecule has 0 radical (unpaired) electrons. The second-order valence-corrected chi connectivity index (χ2v) is 14.9. The Morgan fingerprint density at radius 1 is 0.392 bits per heavy atom. The van der Waals surface area contributed by atoms with Crippen molar-refractivity contribution in [2.24, 2.45) is 0 Å². The molecule has 0 aliphatic heterocycles. The lowest BCUT2D eigenvalue weighted by Crippen LogP contribution is -2.00. The van der Waals surface area contributed by atoms with Crippen molar-refractivity contribution >= 4 is 84.8 Å². The molecule has 11 rings (SSSR count). The number of hydrogen-bond acceptors (Lipinski definition) is 5. The van der Waals surface area contributed by atoms with E-state index in [-0.39, 0.29) is 0 Å². The van der Waals surface area contributed by atoms with Gasteiger partial charge in [-0.25, -0.2) is 15.0 Å². The van der Waals surface area contributed by atoms with Gasteiger partial charge in [-0.1, -0.05) is 103 Å². The van der Waals surface area contributed by atoms with Crippen LogP contribution < -0.4 is 0 Å². The van der Waals surface area contributed by atoms with Crippen LogP contribution in [0.25, 0.3) is 102 Å². The molecular weight excluding hydrogens is 661 g/mol. The van der Waals surface area contributed by atoms with E-state index in [1.54, 1.807) is 11.3 Å². The number of benzene rings is 7. The average molecular weight is 687 g/mol. The van der Waals surface area contributed by atoms with Crippen molar-refractivity contribution in [2.45, 2.75) is 0 Å². The maximum Gasteiger partial charge on any atom is 0.165 e. The Morgan fingerprint density at radius 2 is 1.02 bits per heavy atom. The molecule has 0 fully saturated rings. The summed E-state index contributed by atoms with van der Waals surface area (Å²) in [7, 11) is 0. The number of hydrogen-bond donors (Lipinski definition) is 0. The summed E-state index contributed by atoms with van der Waals surface area (Å²) in [5.74, 6) is 1.99. The van der Waals surface area contributed by atoms with E-state index in [0.29, 0.717) is 17.5 Å². The van der Waals surface area contributed by atoms with Gasteiger partial charge >= 0.3 is 0 Å². The molecule has 0 saturated heterocycles. The number of para-hydroxylation sites is 1. The Balaban J connectivity index is 1.15. The van der Waals surface area contributed by atoms with Crippen molar-refractivity contribution in [3.63, 3.8) is 0 Å². The SMILES string of the molecule is c1ccc(-c2nc(-c3ccc4c(c3)c3ccccc3n4-c3cccc4sc5ccccc5c34)nc(-c3cccc4c3sc3ccccc34)n2)cc1. The summed E-state index contributed by atoms with van der Waals surface area (Å²) in [5.41, 5.74) is 6.44. The summed E-state index contributed by atoms with van der Waals surface area (Å²) in [5, 5.41) is 7.40. The summed E-state index contributed by atoms with van der Waals surface area (Å²) in [6.07, 6.45) is 0. The molecule has 0 unspecified atom stereocenters. The summed E-state index contributed by atoms with van der Waals surface area (Å²) in [4.78, 5) is 15.4. The zero-order valence-electron chi connectivity index (χ0n) is 27.1. The van der Waals surface area contributed by atoms with Crippen LogP contribution in [-0.4, -0.2) is 19.5 Å². The monoisotopic (exact) mass is 686 g/mol. The van der Waals surface area contributed by atoms with Gasteiger partial charge in [-0.2, -0.15) is 0 Å². The van der Waals surface area contributed by atoms with Crippen LogP contribution >= 0.6 is 22.7 Å². The van der Waals surface area contributed by atoms with Crippen LogP contribution in [0, 0.1) is 0 Å². The fourth-order valence-corrected chi connectivity index (χ4v) is 9.92. The van der Waals surface area contributed by atoms with Gasteiger partial charge in [0.15, 0.2) is 17.5 Å². The van der Waals surface area contributed by atoms with Crippen LogP contribution in [0.15, 0.2) is 158 Å². The van der Waals surface area contributed by atoms with Gasteiger partial charge in [0, 0.05) is 67.8 Å². The minimum Gasteiger partial charge on any atom is -0.309 e. The normalized spacial score (nSPS) is 11.9. The molecule has 0 N–H and O–H groups in total.